The average molecular weight is 455 g/mol. The second kappa shape index (κ2) is 9.44. The quantitative estimate of drug-likeness (QED) is 0.356. The van der Waals surface area contributed by atoms with E-state index in [9.17, 15) is 4.79 Å². The first-order chi connectivity index (χ1) is 16.7. The monoisotopic (exact) mass is 454 g/mol. The van der Waals surface area contributed by atoms with Gasteiger partial charge in [-0.1, -0.05) is 36.4 Å². The molecule has 1 aromatic carbocycles. The number of H-pyrrole nitrogens is 1. The molecule has 0 radical (unpaired) electrons. The SMILES string of the molecule is COc1ncc(-c2ccn[nH]2)cc1NC(=O)C(Cc1ccccc1)NC1(c2ccccn2)CC1. The molecule has 1 amide bonds. The van der Waals surface area contributed by atoms with E-state index in [1.165, 1.54) is 7.11 Å². The van der Waals surface area contributed by atoms with Crippen LogP contribution in [0.5, 0.6) is 5.88 Å². The zero-order valence-corrected chi connectivity index (χ0v) is 18.9. The van der Waals surface area contributed by atoms with E-state index in [0.29, 0.717) is 18.0 Å². The molecule has 0 bridgehead atoms. The van der Waals surface area contributed by atoms with Gasteiger partial charge in [-0.2, -0.15) is 5.10 Å². The third-order valence-electron chi connectivity index (χ3n) is 6.07. The molecule has 3 heterocycles. The van der Waals surface area contributed by atoms with Crippen molar-refractivity contribution < 1.29 is 9.53 Å². The summed E-state index contributed by atoms with van der Waals surface area (Å²) in [4.78, 5) is 22.5. The van der Waals surface area contributed by atoms with Crippen LogP contribution in [0.1, 0.15) is 24.1 Å². The van der Waals surface area contributed by atoms with Crippen LogP contribution in [0.3, 0.4) is 0 Å². The Morgan fingerprint density at radius 3 is 2.59 bits per heavy atom. The van der Waals surface area contributed by atoms with Crippen molar-refractivity contribution in [1.29, 1.82) is 0 Å². The number of amides is 1. The van der Waals surface area contributed by atoms with Crippen LogP contribution < -0.4 is 15.4 Å². The molecular formula is C26H26N6O2. The number of benzene rings is 1. The lowest BCUT2D eigenvalue weighted by Crippen LogP contribution is -2.47. The van der Waals surface area contributed by atoms with Crippen molar-refractivity contribution >= 4 is 11.6 Å². The minimum atomic E-state index is -0.479. The number of hydrogen-bond donors (Lipinski definition) is 3. The number of aromatic nitrogens is 4. The summed E-state index contributed by atoms with van der Waals surface area (Å²) in [5.41, 5.74) is 3.84. The summed E-state index contributed by atoms with van der Waals surface area (Å²) in [5, 5.41) is 13.6. The van der Waals surface area contributed by atoms with Crippen molar-refractivity contribution in [3.63, 3.8) is 0 Å². The Balaban J connectivity index is 1.42. The second-order valence-corrected chi connectivity index (χ2v) is 8.42. The molecule has 1 unspecified atom stereocenters. The van der Waals surface area contributed by atoms with Crippen LogP contribution in [0.2, 0.25) is 0 Å². The topological polar surface area (TPSA) is 105 Å². The van der Waals surface area contributed by atoms with Gasteiger partial charge in [0.2, 0.25) is 11.8 Å². The van der Waals surface area contributed by atoms with Crippen molar-refractivity contribution in [2.24, 2.45) is 0 Å². The number of aromatic amines is 1. The smallest absolute Gasteiger partial charge is 0.242 e. The molecule has 3 aromatic heterocycles. The predicted molar refractivity (Wildman–Crippen MR) is 129 cm³/mol. The molecule has 0 spiro atoms. The highest BCUT2D eigenvalue weighted by Gasteiger charge is 2.47. The highest BCUT2D eigenvalue weighted by molar-refractivity contribution is 5.96. The van der Waals surface area contributed by atoms with E-state index in [1.807, 2.05) is 60.7 Å². The van der Waals surface area contributed by atoms with E-state index < -0.39 is 6.04 Å². The van der Waals surface area contributed by atoms with Crippen molar-refractivity contribution in [2.45, 2.75) is 30.8 Å². The lowest BCUT2D eigenvalue weighted by atomic mass is 10.0. The lowest BCUT2D eigenvalue weighted by Gasteiger charge is -2.25. The Morgan fingerprint density at radius 1 is 1.09 bits per heavy atom. The lowest BCUT2D eigenvalue weighted by molar-refractivity contribution is -0.118. The van der Waals surface area contributed by atoms with Gasteiger partial charge >= 0.3 is 0 Å². The fourth-order valence-electron chi connectivity index (χ4n) is 4.13. The van der Waals surface area contributed by atoms with Crippen LogP contribution in [-0.4, -0.2) is 39.2 Å². The Hall–Kier alpha value is -4.04. The summed E-state index contributed by atoms with van der Waals surface area (Å²) in [7, 11) is 1.54. The molecule has 0 aliphatic heterocycles. The minimum absolute atomic E-state index is 0.159. The summed E-state index contributed by atoms with van der Waals surface area (Å²) in [5.74, 6) is 0.189. The van der Waals surface area contributed by atoms with Gasteiger partial charge in [0.15, 0.2) is 0 Å². The van der Waals surface area contributed by atoms with Crippen molar-refractivity contribution in [2.75, 3.05) is 12.4 Å². The number of nitrogens with zero attached hydrogens (tertiary/aromatic N) is 3. The van der Waals surface area contributed by atoms with Crippen molar-refractivity contribution in [1.82, 2.24) is 25.5 Å². The van der Waals surface area contributed by atoms with Gasteiger partial charge in [0, 0.05) is 24.2 Å². The number of hydrogen-bond acceptors (Lipinski definition) is 6. The molecule has 1 fully saturated rings. The molecule has 3 N–H and O–H groups in total. The molecule has 1 saturated carbocycles. The highest BCUT2D eigenvalue weighted by Crippen LogP contribution is 2.45. The standard InChI is InChI=1S/C26H26N6O2/c1-34-25-22(16-19(17-28-25)20-10-14-29-32-20)30-24(33)21(15-18-7-3-2-4-8-18)31-26(11-12-26)23-9-5-6-13-27-23/h2-10,13-14,16-17,21,31H,11-12,15H2,1H3,(H,29,32)(H,30,33). The number of anilines is 1. The molecule has 1 aliphatic rings. The summed E-state index contributed by atoms with van der Waals surface area (Å²) >= 11 is 0. The van der Waals surface area contributed by atoms with Gasteiger partial charge in [-0.05, 0) is 49.1 Å². The molecule has 1 atom stereocenters. The fourth-order valence-corrected chi connectivity index (χ4v) is 4.13. The molecule has 1 aliphatic carbocycles. The minimum Gasteiger partial charge on any atom is -0.480 e. The normalized spacial score (nSPS) is 14.9. The van der Waals surface area contributed by atoms with Gasteiger partial charge < -0.3 is 10.1 Å². The van der Waals surface area contributed by atoms with E-state index in [4.69, 9.17) is 4.74 Å². The first-order valence-corrected chi connectivity index (χ1v) is 11.2. The Morgan fingerprint density at radius 2 is 1.91 bits per heavy atom. The van der Waals surface area contributed by atoms with Crippen molar-refractivity contribution in [3.05, 3.63) is 90.5 Å². The van der Waals surface area contributed by atoms with Gasteiger partial charge in [-0.3, -0.25) is 20.2 Å². The maximum Gasteiger partial charge on any atom is 0.242 e. The maximum atomic E-state index is 13.6. The number of carbonyl (C=O) groups excluding carboxylic acids is 1. The van der Waals surface area contributed by atoms with Crippen LogP contribution in [-0.2, 0) is 16.8 Å². The average Bonchev–Trinajstić information content (AvgIpc) is 3.45. The molecule has 8 heteroatoms. The number of pyridine rings is 2. The van der Waals surface area contributed by atoms with E-state index in [2.05, 4.69) is 30.8 Å². The van der Waals surface area contributed by atoms with Crippen LogP contribution in [0.4, 0.5) is 5.69 Å². The van der Waals surface area contributed by atoms with E-state index in [-0.39, 0.29) is 11.4 Å². The first-order valence-electron chi connectivity index (χ1n) is 11.2. The number of nitrogens with one attached hydrogen (secondary N) is 3. The van der Waals surface area contributed by atoms with Gasteiger partial charge in [-0.15, -0.1) is 0 Å². The molecular weight excluding hydrogens is 428 g/mol. The predicted octanol–water partition coefficient (Wildman–Crippen LogP) is 3.70. The van der Waals surface area contributed by atoms with Crippen molar-refractivity contribution in [3.8, 4) is 17.1 Å². The molecule has 4 aromatic rings. The Kier molecular flexibility index (Phi) is 6.05. The van der Waals surface area contributed by atoms with Crippen LogP contribution in [0, 0.1) is 0 Å². The number of carbonyl (C=O) groups is 1. The fraction of sp³-hybridized carbons (Fsp3) is 0.231. The Labute approximate surface area is 197 Å². The zero-order valence-electron chi connectivity index (χ0n) is 18.9. The van der Waals surface area contributed by atoms with Crippen LogP contribution >= 0.6 is 0 Å². The van der Waals surface area contributed by atoms with Gasteiger partial charge in [0.1, 0.15) is 5.69 Å². The zero-order chi connectivity index (χ0) is 23.4. The molecule has 172 valence electrons. The van der Waals surface area contributed by atoms with Crippen LogP contribution in [0.15, 0.2) is 79.3 Å². The first kappa shape index (κ1) is 21.8. The summed E-state index contributed by atoms with van der Waals surface area (Å²) in [6.45, 7) is 0. The van der Waals surface area contributed by atoms with Gasteiger partial charge in [0.05, 0.1) is 30.1 Å². The third-order valence-corrected chi connectivity index (χ3v) is 6.07. The van der Waals surface area contributed by atoms with Gasteiger partial charge in [-0.25, -0.2) is 4.98 Å². The summed E-state index contributed by atoms with van der Waals surface area (Å²) in [6.07, 6.45) is 7.55. The van der Waals surface area contributed by atoms with E-state index >= 15 is 0 Å². The molecule has 8 nitrogen and oxygen atoms in total. The molecule has 0 saturated heterocycles. The molecule has 34 heavy (non-hydrogen) atoms. The molecule has 5 rings (SSSR count). The number of methoxy groups -OCH3 is 1. The number of ether oxygens (including phenoxy) is 1. The summed E-state index contributed by atoms with van der Waals surface area (Å²) < 4.78 is 5.42. The highest BCUT2D eigenvalue weighted by atomic mass is 16.5. The summed E-state index contributed by atoms with van der Waals surface area (Å²) in [6, 6.07) is 19.1. The van der Waals surface area contributed by atoms with Gasteiger partial charge in [0.25, 0.3) is 0 Å². The van der Waals surface area contributed by atoms with E-state index in [0.717, 1.165) is 35.4 Å². The second-order valence-electron chi connectivity index (χ2n) is 8.42. The maximum absolute atomic E-state index is 13.6. The van der Waals surface area contributed by atoms with Crippen LogP contribution in [0.25, 0.3) is 11.3 Å². The largest absolute Gasteiger partial charge is 0.480 e. The Bertz CT molecular complexity index is 1240. The van der Waals surface area contributed by atoms with E-state index in [1.54, 1.807) is 18.6 Å². The third kappa shape index (κ3) is 4.67. The number of rotatable bonds is 9.